The van der Waals surface area contributed by atoms with Crippen molar-refractivity contribution < 1.29 is 22.7 Å². The van der Waals surface area contributed by atoms with Gasteiger partial charge in [0.25, 0.3) is 0 Å². The minimum absolute atomic E-state index is 0.111. The Labute approximate surface area is 216 Å². The molecule has 0 N–H and O–H groups in total. The Kier molecular flexibility index (Phi) is 8.61. The summed E-state index contributed by atoms with van der Waals surface area (Å²) < 4.78 is 37.4. The van der Waals surface area contributed by atoms with Crippen LogP contribution < -0.4 is 9.64 Å². The third kappa shape index (κ3) is 6.42. The van der Waals surface area contributed by atoms with E-state index in [4.69, 9.17) is 14.5 Å². The zero-order valence-corrected chi connectivity index (χ0v) is 22.7. The van der Waals surface area contributed by atoms with Gasteiger partial charge in [-0.05, 0) is 61.7 Å². The van der Waals surface area contributed by atoms with Crippen LogP contribution in [0.25, 0.3) is 10.2 Å². The molecule has 0 unspecified atom stereocenters. The van der Waals surface area contributed by atoms with Gasteiger partial charge in [0.2, 0.25) is 5.91 Å². The van der Waals surface area contributed by atoms with Crippen molar-refractivity contribution in [2.45, 2.75) is 31.6 Å². The van der Waals surface area contributed by atoms with Crippen molar-refractivity contribution in [3.05, 3.63) is 47.5 Å². The summed E-state index contributed by atoms with van der Waals surface area (Å²) in [7, 11) is -2.08. The summed E-state index contributed by atoms with van der Waals surface area (Å²) in [6.45, 7) is 8.61. The maximum absolute atomic E-state index is 13.4. The van der Waals surface area contributed by atoms with E-state index < -0.39 is 9.84 Å². The predicted molar refractivity (Wildman–Crippen MR) is 143 cm³/mol. The number of carbonyl (C=O) groups excluding carboxylic acids is 1. The van der Waals surface area contributed by atoms with E-state index in [-0.39, 0.29) is 23.0 Å². The lowest BCUT2D eigenvalue weighted by Gasteiger charge is -2.27. The van der Waals surface area contributed by atoms with E-state index in [9.17, 15) is 13.2 Å². The number of morpholine rings is 1. The normalized spacial score (nSPS) is 14.8. The van der Waals surface area contributed by atoms with Crippen molar-refractivity contribution in [2.75, 3.05) is 57.2 Å². The second kappa shape index (κ2) is 11.7. The smallest absolute Gasteiger partial charge is 0.229 e. The number of rotatable bonds is 10. The zero-order valence-electron chi connectivity index (χ0n) is 21.0. The van der Waals surface area contributed by atoms with E-state index in [1.54, 1.807) is 17.0 Å². The summed E-state index contributed by atoms with van der Waals surface area (Å²) >= 11 is 1.48. The number of fused-ring (bicyclic) bond motifs is 1. The fraction of sp³-hybridized carbons (Fsp3) is 0.462. The Hall–Kier alpha value is -2.53. The molecule has 2 aromatic carbocycles. The van der Waals surface area contributed by atoms with Crippen molar-refractivity contribution in [3.8, 4) is 5.75 Å². The van der Waals surface area contributed by atoms with Crippen LogP contribution in [0.3, 0.4) is 0 Å². The third-order valence-electron chi connectivity index (χ3n) is 6.31. The van der Waals surface area contributed by atoms with Crippen molar-refractivity contribution in [2.24, 2.45) is 0 Å². The van der Waals surface area contributed by atoms with Gasteiger partial charge < -0.3 is 9.47 Å². The van der Waals surface area contributed by atoms with Crippen molar-refractivity contribution in [1.82, 2.24) is 9.88 Å². The van der Waals surface area contributed by atoms with Crippen LogP contribution in [-0.4, -0.2) is 76.5 Å². The topological polar surface area (TPSA) is 89.0 Å². The third-order valence-corrected chi connectivity index (χ3v) is 9.07. The minimum Gasteiger partial charge on any atom is -0.497 e. The molecule has 0 aliphatic carbocycles. The standard InChI is InChI=1S/C26H33N3O5S2/c1-19-17-20(2)25-23(18-19)35-26(27-25)29(11-4-10-28-12-14-34-15-13-28)24(30)9-16-36(31,32)22-7-5-21(33-3)6-8-22/h5-8,17-18H,4,9-16H2,1-3H3. The Morgan fingerprint density at radius 3 is 2.58 bits per heavy atom. The number of hydrogen-bond acceptors (Lipinski definition) is 8. The molecule has 2 heterocycles. The molecule has 3 aromatic rings. The van der Waals surface area contributed by atoms with Crippen LogP contribution >= 0.6 is 11.3 Å². The number of carbonyl (C=O) groups is 1. The van der Waals surface area contributed by atoms with Crippen molar-refractivity contribution in [3.63, 3.8) is 0 Å². The quantitative estimate of drug-likeness (QED) is 0.393. The van der Waals surface area contributed by atoms with E-state index in [2.05, 4.69) is 17.0 Å². The maximum atomic E-state index is 13.4. The Bertz CT molecular complexity index is 1300. The monoisotopic (exact) mass is 531 g/mol. The molecular formula is C26H33N3O5S2. The fourth-order valence-electron chi connectivity index (χ4n) is 4.34. The zero-order chi connectivity index (χ0) is 25.7. The summed E-state index contributed by atoms with van der Waals surface area (Å²) in [5.74, 6) is 0.0848. The van der Waals surface area contributed by atoms with Gasteiger partial charge in [0.1, 0.15) is 5.75 Å². The van der Waals surface area contributed by atoms with Gasteiger partial charge in [-0.3, -0.25) is 14.6 Å². The second-order valence-electron chi connectivity index (χ2n) is 9.02. The first-order chi connectivity index (χ1) is 17.3. The summed E-state index contributed by atoms with van der Waals surface area (Å²) in [5.41, 5.74) is 3.10. The van der Waals surface area contributed by atoms with Crippen LogP contribution in [0.5, 0.6) is 5.75 Å². The molecule has 0 saturated carbocycles. The number of amides is 1. The number of hydrogen-bond donors (Lipinski definition) is 0. The molecule has 0 spiro atoms. The molecule has 0 bridgehead atoms. The number of aryl methyl sites for hydroxylation is 2. The highest BCUT2D eigenvalue weighted by molar-refractivity contribution is 7.91. The number of thiazole rings is 1. The van der Waals surface area contributed by atoms with Gasteiger partial charge in [-0.1, -0.05) is 17.4 Å². The Morgan fingerprint density at radius 2 is 1.89 bits per heavy atom. The molecule has 194 valence electrons. The Balaban J connectivity index is 1.50. The lowest BCUT2D eigenvalue weighted by Crippen LogP contribution is -2.39. The first-order valence-electron chi connectivity index (χ1n) is 12.1. The molecule has 1 saturated heterocycles. The summed E-state index contributed by atoms with van der Waals surface area (Å²) in [6.07, 6.45) is 0.657. The van der Waals surface area contributed by atoms with Gasteiger partial charge in [-0.25, -0.2) is 13.4 Å². The van der Waals surface area contributed by atoms with Crippen molar-refractivity contribution >= 4 is 42.4 Å². The summed E-state index contributed by atoms with van der Waals surface area (Å²) in [6, 6.07) is 10.4. The number of benzene rings is 2. The molecule has 10 heteroatoms. The van der Waals surface area contributed by atoms with E-state index in [1.165, 1.54) is 30.6 Å². The van der Waals surface area contributed by atoms with Gasteiger partial charge >= 0.3 is 0 Å². The number of anilines is 1. The molecule has 4 rings (SSSR count). The molecular weight excluding hydrogens is 498 g/mol. The van der Waals surface area contributed by atoms with E-state index in [0.29, 0.717) is 17.4 Å². The molecule has 0 radical (unpaired) electrons. The van der Waals surface area contributed by atoms with Crippen LogP contribution in [0, 0.1) is 13.8 Å². The van der Waals surface area contributed by atoms with Crippen LogP contribution in [0.2, 0.25) is 0 Å². The first kappa shape index (κ1) is 26.5. The highest BCUT2D eigenvalue weighted by Gasteiger charge is 2.24. The largest absolute Gasteiger partial charge is 0.497 e. The van der Waals surface area contributed by atoms with Gasteiger partial charge in [0.05, 0.1) is 41.2 Å². The first-order valence-corrected chi connectivity index (χ1v) is 14.6. The highest BCUT2D eigenvalue weighted by atomic mass is 32.2. The van der Waals surface area contributed by atoms with Crippen molar-refractivity contribution in [1.29, 1.82) is 0 Å². The number of nitrogens with zero attached hydrogens (tertiary/aromatic N) is 3. The molecule has 1 fully saturated rings. The highest BCUT2D eigenvalue weighted by Crippen LogP contribution is 2.32. The summed E-state index contributed by atoms with van der Waals surface area (Å²) in [4.78, 5) is 22.4. The average Bonchev–Trinajstić information content (AvgIpc) is 3.30. The number of methoxy groups -OCH3 is 1. The molecule has 1 aliphatic rings. The maximum Gasteiger partial charge on any atom is 0.229 e. The van der Waals surface area contributed by atoms with Crippen LogP contribution in [0.4, 0.5) is 5.13 Å². The minimum atomic E-state index is -3.61. The van der Waals surface area contributed by atoms with Gasteiger partial charge in [-0.15, -0.1) is 0 Å². The number of aromatic nitrogens is 1. The molecule has 1 aromatic heterocycles. The van der Waals surface area contributed by atoms with E-state index in [1.807, 2.05) is 13.8 Å². The SMILES string of the molecule is COc1ccc(S(=O)(=O)CCC(=O)N(CCCN2CCOCC2)c2nc3c(C)cc(C)cc3s2)cc1. The Morgan fingerprint density at radius 1 is 1.17 bits per heavy atom. The average molecular weight is 532 g/mol. The van der Waals surface area contributed by atoms with Gasteiger partial charge in [-0.2, -0.15) is 0 Å². The number of sulfone groups is 1. The van der Waals surface area contributed by atoms with E-state index in [0.717, 1.165) is 60.6 Å². The van der Waals surface area contributed by atoms with Gasteiger partial charge in [0.15, 0.2) is 15.0 Å². The molecule has 1 aliphatic heterocycles. The molecule has 0 atom stereocenters. The fourth-order valence-corrected chi connectivity index (χ4v) is 6.75. The van der Waals surface area contributed by atoms with Crippen LogP contribution in [0.15, 0.2) is 41.3 Å². The van der Waals surface area contributed by atoms with E-state index >= 15 is 0 Å². The lowest BCUT2D eigenvalue weighted by molar-refractivity contribution is -0.118. The molecule has 8 nitrogen and oxygen atoms in total. The van der Waals surface area contributed by atoms with Crippen LogP contribution in [-0.2, 0) is 19.4 Å². The van der Waals surface area contributed by atoms with Crippen LogP contribution in [0.1, 0.15) is 24.0 Å². The molecule has 1 amide bonds. The van der Waals surface area contributed by atoms with Gasteiger partial charge in [0, 0.05) is 32.6 Å². The summed E-state index contributed by atoms with van der Waals surface area (Å²) in [5, 5.41) is 0.618. The number of ether oxygens (including phenoxy) is 2. The molecule has 36 heavy (non-hydrogen) atoms. The lowest BCUT2D eigenvalue weighted by atomic mass is 10.1. The predicted octanol–water partition coefficient (Wildman–Crippen LogP) is 3.84. The second-order valence-corrected chi connectivity index (χ2v) is 12.1.